The Morgan fingerprint density at radius 1 is 1.42 bits per heavy atom. The van der Waals surface area contributed by atoms with E-state index in [1.807, 2.05) is 0 Å². The minimum atomic E-state index is -0.374. The summed E-state index contributed by atoms with van der Waals surface area (Å²) in [4.78, 5) is 0. The molecule has 0 saturated carbocycles. The number of benzene rings is 1. The van der Waals surface area contributed by atoms with Crippen molar-refractivity contribution in [3.63, 3.8) is 0 Å². The predicted molar refractivity (Wildman–Crippen MR) is 66.7 cm³/mol. The predicted octanol–water partition coefficient (Wildman–Crippen LogP) is 1.41. The van der Waals surface area contributed by atoms with Crippen LogP contribution in [0.3, 0.4) is 0 Å². The Kier molecular flexibility index (Phi) is 3.12. The molecule has 1 aliphatic rings. The van der Waals surface area contributed by atoms with Crippen molar-refractivity contribution in [2.24, 2.45) is 0 Å². The molecule has 2 N–H and O–H groups in total. The van der Waals surface area contributed by atoms with Gasteiger partial charge in [0.05, 0.1) is 12.6 Å². The molecule has 1 aromatic carbocycles. The van der Waals surface area contributed by atoms with Crippen molar-refractivity contribution in [1.29, 1.82) is 0 Å². The van der Waals surface area contributed by atoms with E-state index < -0.39 is 0 Å². The van der Waals surface area contributed by atoms with Crippen LogP contribution in [-0.4, -0.2) is 33.4 Å². The first-order valence-corrected chi connectivity index (χ1v) is 6.16. The van der Waals surface area contributed by atoms with Crippen LogP contribution in [0.1, 0.15) is 18.9 Å². The summed E-state index contributed by atoms with van der Waals surface area (Å²) in [7, 11) is 0. The molecule has 0 amide bonds. The number of rotatable bonds is 2. The van der Waals surface area contributed by atoms with E-state index in [0.717, 1.165) is 19.4 Å². The highest BCUT2D eigenvalue weighted by Gasteiger charge is 2.22. The maximum absolute atomic E-state index is 13.1. The van der Waals surface area contributed by atoms with Crippen LogP contribution in [0.25, 0.3) is 11.4 Å². The van der Waals surface area contributed by atoms with E-state index in [2.05, 4.69) is 15.5 Å². The molecule has 1 saturated heterocycles. The minimum absolute atomic E-state index is 0.100. The largest absolute Gasteiger partial charge is 0.398 e. The number of nitrogens with zero attached hydrogens (tertiary/aromatic N) is 4. The van der Waals surface area contributed by atoms with Crippen LogP contribution in [0.15, 0.2) is 18.2 Å². The third-order valence-corrected chi connectivity index (χ3v) is 3.23. The molecule has 19 heavy (non-hydrogen) atoms. The van der Waals surface area contributed by atoms with Crippen LogP contribution in [0.4, 0.5) is 10.1 Å². The van der Waals surface area contributed by atoms with Crippen LogP contribution in [-0.2, 0) is 4.74 Å². The van der Waals surface area contributed by atoms with Gasteiger partial charge in [0.1, 0.15) is 5.82 Å². The number of hydrogen-bond donors (Lipinski definition) is 1. The van der Waals surface area contributed by atoms with Gasteiger partial charge in [0, 0.05) is 17.9 Å². The van der Waals surface area contributed by atoms with Crippen molar-refractivity contribution in [2.45, 2.75) is 18.9 Å². The Hall–Kier alpha value is -2.02. The summed E-state index contributed by atoms with van der Waals surface area (Å²) in [6, 6.07) is 4.31. The highest BCUT2D eigenvalue weighted by Crippen LogP contribution is 2.28. The highest BCUT2D eigenvalue weighted by atomic mass is 19.1. The smallest absolute Gasteiger partial charge is 0.184 e. The van der Waals surface area contributed by atoms with E-state index in [-0.39, 0.29) is 11.9 Å². The van der Waals surface area contributed by atoms with E-state index in [4.69, 9.17) is 10.5 Å². The molecule has 0 radical (unpaired) electrons. The van der Waals surface area contributed by atoms with Gasteiger partial charge >= 0.3 is 0 Å². The third kappa shape index (κ3) is 2.28. The van der Waals surface area contributed by atoms with Crippen molar-refractivity contribution in [2.75, 3.05) is 18.9 Å². The van der Waals surface area contributed by atoms with Gasteiger partial charge in [-0.3, -0.25) is 0 Å². The van der Waals surface area contributed by atoms with Gasteiger partial charge < -0.3 is 10.5 Å². The monoisotopic (exact) mass is 263 g/mol. The number of halogens is 1. The summed E-state index contributed by atoms with van der Waals surface area (Å²) in [5, 5.41) is 11.7. The van der Waals surface area contributed by atoms with Crippen molar-refractivity contribution in [3.8, 4) is 11.4 Å². The molecule has 0 bridgehead atoms. The number of hydrogen-bond acceptors (Lipinski definition) is 5. The molecule has 2 aromatic rings. The summed E-state index contributed by atoms with van der Waals surface area (Å²) in [6.07, 6.45) is 1.93. The molecule has 1 fully saturated rings. The van der Waals surface area contributed by atoms with Gasteiger partial charge in [0.15, 0.2) is 5.82 Å². The first kappa shape index (κ1) is 12.0. The zero-order chi connectivity index (χ0) is 13.2. The van der Waals surface area contributed by atoms with Gasteiger partial charge in [-0.2, -0.15) is 0 Å². The molecule has 1 aromatic heterocycles. The zero-order valence-corrected chi connectivity index (χ0v) is 10.3. The van der Waals surface area contributed by atoms with Gasteiger partial charge in [-0.05, 0) is 41.5 Å². The lowest BCUT2D eigenvalue weighted by Gasteiger charge is -2.22. The third-order valence-electron chi connectivity index (χ3n) is 3.23. The van der Waals surface area contributed by atoms with Gasteiger partial charge in [-0.1, -0.05) is 0 Å². The summed E-state index contributed by atoms with van der Waals surface area (Å²) < 4.78 is 20.2. The molecular formula is C12H14FN5O. The number of aromatic nitrogens is 4. The summed E-state index contributed by atoms with van der Waals surface area (Å²) >= 11 is 0. The molecule has 2 heterocycles. The lowest BCUT2D eigenvalue weighted by atomic mass is 10.1. The first-order valence-electron chi connectivity index (χ1n) is 6.16. The maximum Gasteiger partial charge on any atom is 0.184 e. The van der Waals surface area contributed by atoms with Crippen molar-refractivity contribution in [1.82, 2.24) is 20.2 Å². The van der Waals surface area contributed by atoms with Crippen LogP contribution in [0.5, 0.6) is 0 Å². The number of anilines is 1. The fourth-order valence-corrected chi connectivity index (χ4v) is 2.27. The quantitative estimate of drug-likeness (QED) is 0.829. The first-order chi connectivity index (χ1) is 9.25. The van der Waals surface area contributed by atoms with Crippen LogP contribution in [0, 0.1) is 5.82 Å². The van der Waals surface area contributed by atoms with Crippen LogP contribution >= 0.6 is 0 Å². The maximum atomic E-state index is 13.1. The molecule has 7 heteroatoms. The van der Waals surface area contributed by atoms with E-state index in [9.17, 15) is 4.39 Å². The lowest BCUT2D eigenvalue weighted by molar-refractivity contribution is 0.0548. The van der Waals surface area contributed by atoms with Crippen LogP contribution in [0.2, 0.25) is 0 Å². The Morgan fingerprint density at radius 3 is 3.05 bits per heavy atom. The minimum Gasteiger partial charge on any atom is -0.398 e. The Labute approximate surface area is 109 Å². The Bertz CT molecular complexity index is 579. The fraction of sp³-hybridized carbons (Fsp3) is 0.417. The molecule has 1 aliphatic heterocycles. The average Bonchev–Trinajstić information content (AvgIpc) is 2.89. The Balaban J connectivity index is 1.99. The molecule has 3 rings (SSSR count). The summed E-state index contributed by atoms with van der Waals surface area (Å²) in [5.41, 5.74) is 6.79. The Morgan fingerprint density at radius 2 is 2.32 bits per heavy atom. The number of ether oxygens (including phenoxy) is 1. The molecule has 1 atom stereocenters. The van der Waals surface area contributed by atoms with E-state index in [1.54, 1.807) is 10.7 Å². The molecule has 1 unspecified atom stereocenters. The topological polar surface area (TPSA) is 78.9 Å². The standard InChI is InChI=1S/C12H14FN5O/c13-8-3-4-10(11(14)6-8)12-15-16-17-18(12)9-2-1-5-19-7-9/h3-4,6,9H,1-2,5,7,14H2. The molecule has 6 nitrogen and oxygen atoms in total. The second-order valence-electron chi connectivity index (χ2n) is 4.55. The van der Waals surface area contributed by atoms with Gasteiger partial charge in [-0.25, -0.2) is 9.07 Å². The zero-order valence-electron chi connectivity index (χ0n) is 10.3. The molecule has 0 spiro atoms. The van der Waals surface area contributed by atoms with E-state index in [1.165, 1.54) is 12.1 Å². The second kappa shape index (κ2) is 4.93. The highest BCUT2D eigenvalue weighted by molar-refractivity contribution is 5.71. The van der Waals surface area contributed by atoms with Crippen molar-refractivity contribution >= 4 is 5.69 Å². The number of tetrazole rings is 1. The van der Waals surface area contributed by atoms with E-state index in [0.29, 0.717) is 23.7 Å². The van der Waals surface area contributed by atoms with E-state index >= 15 is 0 Å². The van der Waals surface area contributed by atoms with Gasteiger partial charge in [0.2, 0.25) is 0 Å². The number of nitrogens with two attached hydrogens (primary N) is 1. The molecule has 100 valence electrons. The van der Waals surface area contributed by atoms with Gasteiger partial charge in [-0.15, -0.1) is 5.10 Å². The molecule has 0 aliphatic carbocycles. The SMILES string of the molecule is Nc1cc(F)ccc1-c1nnnn1C1CCCOC1. The molecular weight excluding hydrogens is 249 g/mol. The van der Waals surface area contributed by atoms with Crippen LogP contribution < -0.4 is 5.73 Å². The van der Waals surface area contributed by atoms with Crippen molar-refractivity contribution < 1.29 is 9.13 Å². The average molecular weight is 263 g/mol. The summed E-state index contributed by atoms with van der Waals surface area (Å²) in [5.74, 6) is 0.175. The van der Waals surface area contributed by atoms with Gasteiger partial charge in [0.25, 0.3) is 0 Å². The fourth-order valence-electron chi connectivity index (χ4n) is 2.27. The van der Waals surface area contributed by atoms with Crippen molar-refractivity contribution in [3.05, 3.63) is 24.0 Å². The lowest BCUT2D eigenvalue weighted by Crippen LogP contribution is -2.23. The normalized spacial score (nSPS) is 19.5. The summed E-state index contributed by atoms with van der Waals surface area (Å²) in [6.45, 7) is 1.35. The number of nitrogen functional groups attached to an aromatic ring is 1. The second-order valence-corrected chi connectivity index (χ2v) is 4.55.